The maximum absolute atomic E-state index is 5.51. The van der Waals surface area contributed by atoms with Crippen LogP contribution in [-0.2, 0) is 23.7 Å². The van der Waals surface area contributed by atoms with Crippen LogP contribution in [0.2, 0.25) is 0 Å². The molecule has 208 valence electrons. The normalized spacial score (nSPS) is 32.2. The van der Waals surface area contributed by atoms with E-state index in [0.717, 1.165) is 56.0 Å². The van der Waals surface area contributed by atoms with Crippen molar-refractivity contribution < 1.29 is 23.7 Å². The first-order valence-electron chi connectivity index (χ1n) is 13.1. The Morgan fingerprint density at radius 1 is 0.472 bits per heavy atom. The molecule has 5 saturated heterocycles. The molecule has 0 aromatic rings. The topological polar surface area (TPSA) is 62.6 Å². The highest BCUT2D eigenvalue weighted by molar-refractivity contribution is 8.09. The van der Waals surface area contributed by atoms with E-state index in [9.17, 15) is 0 Å². The molecule has 0 amide bonds. The molecular formula is C24H40O5S7. The van der Waals surface area contributed by atoms with Crippen molar-refractivity contribution in [2.45, 2.75) is 46.3 Å². The summed E-state index contributed by atoms with van der Waals surface area (Å²) in [5.41, 5.74) is 0. The molecule has 36 heavy (non-hydrogen) atoms. The van der Waals surface area contributed by atoms with Crippen molar-refractivity contribution in [3.63, 3.8) is 0 Å². The fraction of sp³-hybridized carbons (Fsp3) is 1.00. The number of epoxide rings is 5. The Balaban J connectivity index is 1.13. The molecule has 5 aliphatic rings. The number of rotatable bonds is 25. The fourth-order valence-electron chi connectivity index (χ4n) is 3.46. The lowest BCUT2D eigenvalue weighted by Gasteiger charge is -2.30. The fourth-order valence-corrected chi connectivity index (χ4v) is 13.7. The largest absolute Gasteiger partial charge is 0.372 e. The number of hydrogen-bond acceptors (Lipinski definition) is 12. The monoisotopic (exact) mass is 632 g/mol. The van der Waals surface area contributed by atoms with Gasteiger partial charge in [-0.15, -0.1) is 0 Å². The van der Waals surface area contributed by atoms with Crippen LogP contribution in [0.5, 0.6) is 0 Å². The van der Waals surface area contributed by atoms with E-state index in [2.05, 4.69) is 82.3 Å². The molecule has 0 radical (unpaired) electrons. The number of ether oxygens (including phenoxy) is 5. The smallest absolute Gasteiger partial charge is 0.0900 e. The van der Waals surface area contributed by atoms with E-state index < -0.39 is 0 Å². The molecule has 0 saturated carbocycles. The van der Waals surface area contributed by atoms with Crippen LogP contribution >= 0.6 is 82.3 Å². The molecule has 0 spiro atoms. The summed E-state index contributed by atoms with van der Waals surface area (Å²) in [5, 5.41) is 2.03. The molecule has 5 aliphatic heterocycles. The maximum atomic E-state index is 5.51. The third kappa shape index (κ3) is 13.7. The zero-order valence-electron chi connectivity index (χ0n) is 20.8. The van der Waals surface area contributed by atoms with Gasteiger partial charge < -0.3 is 23.7 Å². The lowest BCUT2D eigenvalue weighted by molar-refractivity contribution is 0.426. The molecule has 0 aromatic carbocycles. The van der Waals surface area contributed by atoms with Gasteiger partial charge in [-0.3, -0.25) is 0 Å². The van der Waals surface area contributed by atoms with Gasteiger partial charge in [0.2, 0.25) is 0 Å². The van der Waals surface area contributed by atoms with E-state index >= 15 is 0 Å². The van der Waals surface area contributed by atoms with Crippen LogP contribution < -0.4 is 0 Å². The van der Waals surface area contributed by atoms with Crippen molar-refractivity contribution in [3.8, 4) is 0 Å². The lowest BCUT2D eigenvalue weighted by atomic mass is 10.3. The summed E-state index contributed by atoms with van der Waals surface area (Å²) in [4.78, 5) is 0. The third-order valence-corrected chi connectivity index (χ3v) is 16.2. The second-order valence-electron chi connectivity index (χ2n) is 9.71. The first kappa shape index (κ1) is 29.7. The quantitative estimate of drug-likeness (QED) is 0.107. The first-order chi connectivity index (χ1) is 17.8. The minimum Gasteiger partial charge on any atom is -0.372 e. The SMILES string of the molecule is C(CSC(CSCC1CO1)C(CSCC1CO1)SC(CSCC1CO1)CSCC1CO1)SCC1CO1. The van der Waals surface area contributed by atoms with E-state index in [0.29, 0.717) is 46.3 Å². The Morgan fingerprint density at radius 2 is 0.861 bits per heavy atom. The highest BCUT2D eigenvalue weighted by Gasteiger charge is 2.31. The average molecular weight is 633 g/mol. The second-order valence-corrected chi connectivity index (χ2v) is 18.0. The molecule has 0 aromatic heterocycles. The standard InChI is InChI=1S/C24H40O5S7/c1(30-8-17-3-25-17)2-35-23(15-33-11-20-6-28-20)24(16-34-12-21-7-29-21)36-22(13-31-9-18-4-26-18)14-32-10-19-5-27-19/h17-24H,1-16H2. The van der Waals surface area contributed by atoms with Crippen molar-refractivity contribution in [2.24, 2.45) is 0 Å². The van der Waals surface area contributed by atoms with Crippen LogP contribution in [0.1, 0.15) is 0 Å². The van der Waals surface area contributed by atoms with Crippen molar-refractivity contribution in [1.82, 2.24) is 0 Å². The predicted octanol–water partition coefficient (Wildman–Crippen LogP) is 4.22. The molecule has 12 heteroatoms. The third-order valence-electron chi connectivity index (χ3n) is 6.04. The van der Waals surface area contributed by atoms with Crippen LogP contribution in [-0.4, -0.2) is 143 Å². The molecule has 5 rings (SSSR count). The van der Waals surface area contributed by atoms with Gasteiger partial charge >= 0.3 is 0 Å². The number of thioether (sulfide) groups is 7. The molecule has 0 bridgehead atoms. The van der Waals surface area contributed by atoms with Crippen LogP contribution in [0.4, 0.5) is 0 Å². The van der Waals surface area contributed by atoms with Gasteiger partial charge in [0.25, 0.3) is 0 Å². The summed E-state index contributed by atoms with van der Waals surface area (Å²) in [6.45, 7) is 4.83. The molecule has 0 aliphatic carbocycles. The first-order valence-corrected chi connectivity index (χ1v) is 20.8. The summed E-state index contributed by atoms with van der Waals surface area (Å²) in [6.07, 6.45) is 2.58. The summed E-state index contributed by atoms with van der Waals surface area (Å²) < 4.78 is 27.4. The predicted molar refractivity (Wildman–Crippen MR) is 167 cm³/mol. The Kier molecular flexibility index (Phi) is 13.7. The van der Waals surface area contributed by atoms with E-state index in [4.69, 9.17) is 23.7 Å². The maximum Gasteiger partial charge on any atom is 0.0900 e. The van der Waals surface area contributed by atoms with Crippen molar-refractivity contribution in [2.75, 3.05) is 96.3 Å². The van der Waals surface area contributed by atoms with E-state index in [-0.39, 0.29) is 0 Å². The van der Waals surface area contributed by atoms with E-state index in [1.165, 1.54) is 40.3 Å². The Morgan fingerprint density at radius 3 is 1.31 bits per heavy atom. The molecule has 5 fully saturated rings. The van der Waals surface area contributed by atoms with Crippen molar-refractivity contribution in [1.29, 1.82) is 0 Å². The summed E-state index contributed by atoms with van der Waals surface area (Å²) in [5.74, 6) is 13.2. The minimum atomic E-state index is 0.508. The van der Waals surface area contributed by atoms with Gasteiger partial charge in [0.1, 0.15) is 0 Å². The molecule has 5 heterocycles. The van der Waals surface area contributed by atoms with Crippen molar-refractivity contribution in [3.05, 3.63) is 0 Å². The van der Waals surface area contributed by atoms with Crippen LogP contribution in [0.3, 0.4) is 0 Å². The van der Waals surface area contributed by atoms with Crippen LogP contribution in [0, 0.1) is 0 Å². The van der Waals surface area contributed by atoms with Gasteiger partial charge in [-0.05, 0) is 0 Å². The molecule has 5 nitrogen and oxygen atoms in total. The summed E-state index contributed by atoms with van der Waals surface area (Å²) in [7, 11) is 0. The zero-order valence-corrected chi connectivity index (χ0v) is 26.5. The summed E-state index contributed by atoms with van der Waals surface area (Å²) >= 11 is 15.0. The van der Waals surface area contributed by atoms with Gasteiger partial charge in [-0.1, -0.05) is 0 Å². The van der Waals surface area contributed by atoms with Crippen LogP contribution in [0.25, 0.3) is 0 Å². The molecule has 7 unspecified atom stereocenters. The van der Waals surface area contributed by atoms with Gasteiger partial charge in [0.15, 0.2) is 0 Å². The highest BCUT2D eigenvalue weighted by atomic mass is 32.2. The van der Waals surface area contributed by atoms with Gasteiger partial charge in [-0.25, -0.2) is 0 Å². The summed E-state index contributed by atoms with van der Waals surface area (Å²) in [6, 6.07) is 0. The van der Waals surface area contributed by atoms with E-state index in [1.54, 1.807) is 0 Å². The molecular weight excluding hydrogens is 593 g/mol. The Bertz CT molecular complexity index is 600. The zero-order chi connectivity index (χ0) is 24.4. The van der Waals surface area contributed by atoms with Crippen LogP contribution in [0.15, 0.2) is 0 Å². The van der Waals surface area contributed by atoms with Gasteiger partial charge in [0, 0.05) is 79.0 Å². The minimum absolute atomic E-state index is 0.508. The van der Waals surface area contributed by atoms with Gasteiger partial charge in [-0.2, -0.15) is 82.3 Å². The Hall–Kier alpha value is 2.25. The van der Waals surface area contributed by atoms with Gasteiger partial charge in [0.05, 0.1) is 63.6 Å². The molecule has 7 atom stereocenters. The molecule has 0 N–H and O–H groups in total. The Labute approximate surface area is 247 Å². The van der Waals surface area contributed by atoms with Crippen molar-refractivity contribution >= 4 is 82.3 Å². The van der Waals surface area contributed by atoms with E-state index in [1.807, 2.05) is 0 Å². The average Bonchev–Trinajstić information content (AvgIpc) is 3.69. The lowest BCUT2D eigenvalue weighted by Crippen LogP contribution is -2.30. The highest BCUT2D eigenvalue weighted by Crippen LogP contribution is 2.37. The number of hydrogen-bond donors (Lipinski definition) is 0. The second kappa shape index (κ2) is 16.6.